The van der Waals surface area contributed by atoms with Crippen LogP contribution in [0.3, 0.4) is 0 Å². The standard InChI is InChI=1S/C23H17Br2F3N2O2/c1-22(14-3-2-4-15(13-14)23(26,27)28)20(31)29(18-9-5-16(24)6-10-18)21(32)30(22)19-11-7-17(25)8-12-19/h2-13,20,31H,1H3/t20?,22-/m0/s1. The second kappa shape index (κ2) is 8.20. The van der Waals surface area contributed by atoms with Gasteiger partial charge in [0.05, 0.1) is 5.56 Å². The number of nitrogens with zero attached hydrogens (tertiary/aromatic N) is 2. The molecule has 1 saturated heterocycles. The van der Waals surface area contributed by atoms with Gasteiger partial charge in [-0.3, -0.25) is 9.80 Å². The zero-order chi connectivity index (χ0) is 23.3. The Kier molecular flexibility index (Phi) is 5.85. The molecule has 3 aromatic carbocycles. The number of carbonyl (C=O) groups excluding carboxylic acids is 1. The second-order valence-electron chi connectivity index (χ2n) is 7.54. The van der Waals surface area contributed by atoms with Crippen LogP contribution in [0.25, 0.3) is 0 Å². The molecule has 0 radical (unpaired) electrons. The molecule has 1 aliphatic rings. The van der Waals surface area contributed by atoms with E-state index in [1.807, 2.05) is 0 Å². The summed E-state index contributed by atoms with van der Waals surface area (Å²) < 4.78 is 41.9. The third-order valence-electron chi connectivity index (χ3n) is 5.57. The van der Waals surface area contributed by atoms with Crippen LogP contribution >= 0.6 is 31.9 Å². The Morgan fingerprint density at radius 1 is 0.906 bits per heavy atom. The largest absolute Gasteiger partial charge is 0.416 e. The number of carbonyl (C=O) groups is 1. The lowest BCUT2D eigenvalue weighted by Gasteiger charge is -2.36. The molecule has 0 aromatic heterocycles. The summed E-state index contributed by atoms with van der Waals surface area (Å²) in [6.45, 7) is 1.56. The van der Waals surface area contributed by atoms with Crippen molar-refractivity contribution in [2.75, 3.05) is 9.80 Å². The number of benzene rings is 3. The van der Waals surface area contributed by atoms with E-state index in [1.54, 1.807) is 55.5 Å². The van der Waals surface area contributed by atoms with Crippen LogP contribution in [0.15, 0.2) is 81.7 Å². The van der Waals surface area contributed by atoms with Gasteiger partial charge in [-0.2, -0.15) is 13.2 Å². The Labute approximate surface area is 199 Å². The number of alkyl halides is 3. The quantitative estimate of drug-likeness (QED) is 0.372. The van der Waals surface area contributed by atoms with Gasteiger partial charge in [0.25, 0.3) is 0 Å². The highest BCUT2D eigenvalue weighted by Crippen LogP contribution is 2.46. The lowest BCUT2D eigenvalue weighted by atomic mass is 9.87. The van der Waals surface area contributed by atoms with Gasteiger partial charge in [0, 0.05) is 20.3 Å². The van der Waals surface area contributed by atoms with Crippen molar-refractivity contribution < 1.29 is 23.1 Å². The van der Waals surface area contributed by atoms with E-state index in [9.17, 15) is 23.1 Å². The van der Waals surface area contributed by atoms with E-state index in [2.05, 4.69) is 31.9 Å². The van der Waals surface area contributed by atoms with Gasteiger partial charge in [0.2, 0.25) is 0 Å². The lowest BCUT2D eigenvalue weighted by molar-refractivity contribution is -0.137. The smallest absolute Gasteiger partial charge is 0.370 e. The van der Waals surface area contributed by atoms with Crippen LogP contribution in [0.4, 0.5) is 29.3 Å². The minimum Gasteiger partial charge on any atom is -0.370 e. The van der Waals surface area contributed by atoms with E-state index in [-0.39, 0.29) is 5.56 Å². The summed E-state index contributed by atoms with van der Waals surface area (Å²) in [5, 5.41) is 11.4. The summed E-state index contributed by atoms with van der Waals surface area (Å²) in [5.41, 5.74) is -1.33. The van der Waals surface area contributed by atoms with Crippen LogP contribution in [-0.2, 0) is 11.7 Å². The summed E-state index contributed by atoms with van der Waals surface area (Å²) in [6, 6.07) is 17.7. The highest BCUT2D eigenvalue weighted by atomic mass is 79.9. The van der Waals surface area contributed by atoms with Gasteiger partial charge < -0.3 is 5.11 Å². The first-order valence-corrected chi connectivity index (χ1v) is 11.1. The predicted octanol–water partition coefficient (Wildman–Crippen LogP) is 6.91. The normalized spacial score (nSPS) is 21.3. The van der Waals surface area contributed by atoms with E-state index in [0.717, 1.165) is 21.1 Å². The van der Waals surface area contributed by atoms with E-state index in [4.69, 9.17) is 0 Å². The molecule has 166 valence electrons. The third-order valence-corrected chi connectivity index (χ3v) is 6.63. The van der Waals surface area contributed by atoms with E-state index >= 15 is 0 Å². The molecule has 1 N–H and O–H groups in total. The molecule has 32 heavy (non-hydrogen) atoms. The number of urea groups is 1. The van der Waals surface area contributed by atoms with Crippen molar-refractivity contribution in [3.8, 4) is 0 Å². The van der Waals surface area contributed by atoms with Gasteiger partial charge in [-0.05, 0) is 73.2 Å². The number of amides is 2. The molecule has 9 heteroatoms. The molecule has 1 aliphatic heterocycles. The third kappa shape index (κ3) is 3.82. The summed E-state index contributed by atoms with van der Waals surface area (Å²) in [7, 11) is 0. The molecule has 0 bridgehead atoms. The van der Waals surface area contributed by atoms with Crippen molar-refractivity contribution in [3.63, 3.8) is 0 Å². The molecule has 4 nitrogen and oxygen atoms in total. The fourth-order valence-electron chi connectivity index (χ4n) is 3.89. The van der Waals surface area contributed by atoms with Crippen molar-refractivity contribution in [1.29, 1.82) is 0 Å². The summed E-state index contributed by atoms with van der Waals surface area (Å²) in [4.78, 5) is 16.1. The van der Waals surface area contributed by atoms with Crippen LogP contribution in [0.5, 0.6) is 0 Å². The molecule has 1 fully saturated rings. The number of halogens is 5. The summed E-state index contributed by atoms with van der Waals surface area (Å²) in [5.74, 6) is 0. The Balaban J connectivity index is 1.91. The molecular formula is C23H17Br2F3N2O2. The maximum atomic E-state index is 13.6. The molecule has 2 atom stereocenters. The molecule has 3 aromatic rings. The zero-order valence-corrected chi connectivity index (χ0v) is 19.8. The first kappa shape index (κ1) is 22.8. The van der Waals surface area contributed by atoms with Crippen LogP contribution < -0.4 is 9.80 Å². The molecule has 0 aliphatic carbocycles. The van der Waals surface area contributed by atoms with Crippen LogP contribution in [0, 0.1) is 0 Å². The number of aliphatic hydroxyl groups is 1. The lowest BCUT2D eigenvalue weighted by Crippen LogP contribution is -2.47. The molecular weight excluding hydrogens is 553 g/mol. The van der Waals surface area contributed by atoms with Crippen molar-refractivity contribution in [2.45, 2.75) is 24.9 Å². The summed E-state index contributed by atoms with van der Waals surface area (Å²) in [6.07, 6.45) is -6.02. The van der Waals surface area contributed by atoms with Crippen LogP contribution in [0.2, 0.25) is 0 Å². The van der Waals surface area contributed by atoms with Gasteiger partial charge in [0.15, 0.2) is 6.23 Å². The molecule has 1 unspecified atom stereocenters. The van der Waals surface area contributed by atoms with Crippen molar-refractivity contribution >= 4 is 49.3 Å². The van der Waals surface area contributed by atoms with E-state index in [1.165, 1.54) is 21.9 Å². The van der Waals surface area contributed by atoms with Crippen LogP contribution in [0.1, 0.15) is 18.1 Å². The molecule has 2 amide bonds. The highest BCUT2D eigenvalue weighted by molar-refractivity contribution is 9.10. The monoisotopic (exact) mass is 568 g/mol. The second-order valence-corrected chi connectivity index (χ2v) is 9.37. The van der Waals surface area contributed by atoms with Crippen molar-refractivity contribution in [3.05, 3.63) is 92.9 Å². The number of hydrogen-bond acceptors (Lipinski definition) is 2. The fourth-order valence-corrected chi connectivity index (χ4v) is 4.42. The zero-order valence-electron chi connectivity index (χ0n) is 16.6. The predicted molar refractivity (Wildman–Crippen MR) is 123 cm³/mol. The van der Waals surface area contributed by atoms with Crippen molar-refractivity contribution in [1.82, 2.24) is 0 Å². The van der Waals surface area contributed by atoms with E-state index in [0.29, 0.717) is 11.4 Å². The Morgan fingerprint density at radius 2 is 1.44 bits per heavy atom. The number of aliphatic hydroxyl groups excluding tert-OH is 1. The molecule has 0 saturated carbocycles. The minimum absolute atomic E-state index is 0.163. The van der Waals surface area contributed by atoms with Gasteiger partial charge in [-0.25, -0.2) is 4.79 Å². The highest BCUT2D eigenvalue weighted by Gasteiger charge is 2.56. The first-order valence-electron chi connectivity index (χ1n) is 9.54. The topological polar surface area (TPSA) is 43.8 Å². The fraction of sp³-hybridized carbons (Fsp3) is 0.174. The molecule has 0 spiro atoms. The first-order chi connectivity index (χ1) is 15.0. The van der Waals surface area contributed by atoms with Gasteiger partial charge in [-0.15, -0.1) is 0 Å². The number of hydrogen-bond donors (Lipinski definition) is 1. The van der Waals surface area contributed by atoms with Crippen molar-refractivity contribution in [2.24, 2.45) is 0 Å². The Hall–Kier alpha value is -2.36. The van der Waals surface area contributed by atoms with E-state index < -0.39 is 29.5 Å². The maximum absolute atomic E-state index is 13.6. The van der Waals surface area contributed by atoms with Crippen LogP contribution in [-0.4, -0.2) is 17.4 Å². The maximum Gasteiger partial charge on any atom is 0.416 e. The average Bonchev–Trinajstić information content (AvgIpc) is 2.95. The number of rotatable bonds is 3. The van der Waals surface area contributed by atoms with Gasteiger partial charge in [-0.1, -0.05) is 44.0 Å². The molecule has 1 heterocycles. The molecule has 4 rings (SSSR count). The summed E-state index contributed by atoms with van der Waals surface area (Å²) >= 11 is 6.69. The Morgan fingerprint density at radius 3 is 1.97 bits per heavy atom. The number of anilines is 2. The van der Waals surface area contributed by atoms with Gasteiger partial charge >= 0.3 is 12.2 Å². The Bertz CT molecular complexity index is 1150. The van der Waals surface area contributed by atoms with Gasteiger partial charge in [0.1, 0.15) is 5.54 Å². The average molecular weight is 570 g/mol. The SMILES string of the molecule is C[C@]1(c2cccc(C(F)(F)F)c2)C(O)N(c2ccc(Br)cc2)C(=O)N1c1ccc(Br)cc1. The minimum atomic E-state index is -4.56.